The van der Waals surface area contributed by atoms with Gasteiger partial charge in [0.05, 0.1) is 18.8 Å². The van der Waals surface area contributed by atoms with Crippen LogP contribution in [-0.2, 0) is 29.2 Å². The molecule has 0 unspecified atom stereocenters. The number of carbonyl (C=O) groups excluding carboxylic acids is 1. The SMILES string of the molecule is C[C@H]1[C@@H](CSc2ncccn2)O[C@@H](c2cccc(-c3cccc(CNC(=O)NCc4ccccc4)c3)c2)O[C@H]1c1ccc(CO)cc1. The second kappa shape index (κ2) is 15.8. The van der Waals surface area contributed by atoms with Crippen molar-refractivity contribution in [2.45, 2.75) is 50.3 Å². The molecule has 240 valence electrons. The topological polar surface area (TPSA) is 106 Å². The van der Waals surface area contributed by atoms with E-state index in [2.05, 4.69) is 51.8 Å². The van der Waals surface area contributed by atoms with Crippen LogP contribution in [0.1, 0.15) is 47.1 Å². The lowest BCUT2D eigenvalue weighted by molar-refractivity contribution is -0.268. The van der Waals surface area contributed by atoms with Crippen molar-refractivity contribution < 1.29 is 19.4 Å². The van der Waals surface area contributed by atoms with E-state index in [1.165, 1.54) is 0 Å². The van der Waals surface area contributed by atoms with Crippen LogP contribution in [0, 0.1) is 5.92 Å². The largest absolute Gasteiger partial charge is 0.392 e. The van der Waals surface area contributed by atoms with Crippen LogP contribution in [0.25, 0.3) is 11.1 Å². The predicted molar refractivity (Wildman–Crippen MR) is 183 cm³/mol. The van der Waals surface area contributed by atoms with Gasteiger partial charge in [0, 0.05) is 42.7 Å². The Balaban J connectivity index is 1.17. The fourth-order valence-electron chi connectivity index (χ4n) is 5.58. The maximum Gasteiger partial charge on any atom is 0.315 e. The summed E-state index contributed by atoms with van der Waals surface area (Å²) in [5, 5.41) is 16.1. The van der Waals surface area contributed by atoms with E-state index < -0.39 is 6.29 Å². The molecule has 8 nitrogen and oxygen atoms in total. The van der Waals surface area contributed by atoms with Crippen LogP contribution < -0.4 is 10.6 Å². The van der Waals surface area contributed by atoms with Gasteiger partial charge < -0.3 is 25.2 Å². The number of thioether (sulfide) groups is 1. The molecule has 2 heterocycles. The van der Waals surface area contributed by atoms with Crippen molar-refractivity contribution in [2.75, 3.05) is 5.75 Å². The van der Waals surface area contributed by atoms with Crippen molar-refractivity contribution in [1.82, 2.24) is 20.6 Å². The quantitative estimate of drug-likeness (QED) is 0.103. The summed E-state index contributed by atoms with van der Waals surface area (Å²) in [4.78, 5) is 21.2. The number of hydrogen-bond acceptors (Lipinski definition) is 7. The average molecular weight is 647 g/mol. The zero-order valence-electron chi connectivity index (χ0n) is 26.2. The number of hydrogen-bond donors (Lipinski definition) is 3. The second-order valence-electron chi connectivity index (χ2n) is 11.5. The van der Waals surface area contributed by atoms with Crippen molar-refractivity contribution in [3.8, 4) is 11.1 Å². The highest BCUT2D eigenvalue weighted by Gasteiger charge is 2.38. The molecular formula is C38H38N4O4S. The molecule has 47 heavy (non-hydrogen) atoms. The number of aliphatic hydroxyl groups is 1. The molecule has 1 saturated heterocycles. The van der Waals surface area contributed by atoms with Gasteiger partial charge in [-0.25, -0.2) is 14.8 Å². The monoisotopic (exact) mass is 646 g/mol. The normalized spacial score (nSPS) is 19.2. The van der Waals surface area contributed by atoms with E-state index in [0.717, 1.165) is 38.9 Å². The number of urea groups is 1. The summed E-state index contributed by atoms with van der Waals surface area (Å²) in [6.07, 6.45) is 2.56. The first-order valence-electron chi connectivity index (χ1n) is 15.7. The summed E-state index contributed by atoms with van der Waals surface area (Å²) < 4.78 is 13.3. The molecule has 1 aromatic heterocycles. The molecule has 0 saturated carbocycles. The highest BCUT2D eigenvalue weighted by atomic mass is 32.2. The van der Waals surface area contributed by atoms with Crippen molar-refractivity contribution >= 4 is 17.8 Å². The van der Waals surface area contributed by atoms with Gasteiger partial charge in [0.1, 0.15) is 0 Å². The van der Waals surface area contributed by atoms with E-state index in [0.29, 0.717) is 24.0 Å². The van der Waals surface area contributed by atoms with E-state index in [4.69, 9.17) is 9.47 Å². The van der Waals surface area contributed by atoms with Crippen LogP contribution in [0.4, 0.5) is 4.79 Å². The molecule has 4 atom stereocenters. The zero-order valence-corrected chi connectivity index (χ0v) is 27.0. The molecule has 5 aromatic rings. The number of aromatic nitrogens is 2. The number of nitrogens with zero attached hydrogens (tertiary/aromatic N) is 2. The van der Waals surface area contributed by atoms with Gasteiger partial charge in [0.25, 0.3) is 0 Å². The maximum absolute atomic E-state index is 12.4. The fraction of sp³-hybridized carbons (Fsp3) is 0.237. The van der Waals surface area contributed by atoms with Gasteiger partial charge in [0.2, 0.25) is 0 Å². The first-order valence-corrected chi connectivity index (χ1v) is 16.7. The van der Waals surface area contributed by atoms with Gasteiger partial charge >= 0.3 is 6.03 Å². The average Bonchev–Trinajstić information content (AvgIpc) is 3.14. The molecule has 2 amide bonds. The molecule has 6 rings (SSSR count). The number of benzene rings is 4. The number of carbonyl (C=O) groups is 1. The Morgan fingerprint density at radius 3 is 2.17 bits per heavy atom. The number of amides is 2. The van der Waals surface area contributed by atoms with Crippen LogP contribution in [-0.4, -0.2) is 33.0 Å². The Morgan fingerprint density at radius 2 is 1.43 bits per heavy atom. The minimum atomic E-state index is -0.589. The minimum absolute atomic E-state index is 0.00502. The molecule has 0 bridgehead atoms. The number of ether oxygens (including phenoxy) is 2. The van der Waals surface area contributed by atoms with Crippen LogP contribution in [0.3, 0.4) is 0 Å². The molecule has 1 aliphatic rings. The Morgan fingerprint density at radius 1 is 0.745 bits per heavy atom. The first kappa shape index (κ1) is 32.4. The summed E-state index contributed by atoms with van der Waals surface area (Å²) in [6.45, 7) is 3.02. The summed E-state index contributed by atoms with van der Waals surface area (Å²) in [5.41, 5.74) is 6.91. The lowest BCUT2D eigenvalue weighted by atomic mass is 9.91. The summed E-state index contributed by atoms with van der Waals surface area (Å²) in [7, 11) is 0. The van der Waals surface area contributed by atoms with Gasteiger partial charge in [0.15, 0.2) is 11.4 Å². The van der Waals surface area contributed by atoms with E-state index in [9.17, 15) is 9.90 Å². The van der Waals surface area contributed by atoms with Gasteiger partial charge in [-0.2, -0.15) is 0 Å². The molecule has 3 N–H and O–H groups in total. The van der Waals surface area contributed by atoms with Crippen LogP contribution in [0.15, 0.2) is 127 Å². The molecule has 0 radical (unpaired) electrons. The third-order valence-electron chi connectivity index (χ3n) is 8.21. The lowest BCUT2D eigenvalue weighted by Gasteiger charge is -2.41. The molecule has 1 fully saturated rings. The molecule has 0 aliphatic carbocycles. The molecule has 9 heteroatoms. The van der Waals surface area contributed by atoms with E-state index in [-0.39, 0.29) is 30.8 Å². The third-order valence-corrected chi connectivity index (χ3v) is 9.17. The van der Waals surface area contributed by atoms with E-state index >= 15 is 0 Å². The van der Waals surface area contributed by atoms with Crippen molar-refractivity contribution in [1.29, 1.82) is 0 Å². The van der Waals surface area contributed by atoms with Crippen LogP contribution in [0.5, 0.6) is 0 Å². The van der Waals surface area contributed by atoms with Crippen LogP contribution >= 0.6 is 11.8 Å². The Kier molecular flexibility index (Phi) is 10.9. The summed E-state index contributed by atoms with van der Waals surface area (Å²) in [5.74, 6) is 0.726. The smallest absolute Gasteiger partial charge is 0.315 e. The maximum atomic E-state index is 12.4. The van der Waals surface area contributed by atoms with E-state index in [1.807, 2.05) is 84.9 Å². The van der Waals surface area contributed by atoms with Gasteiger partial charge in [-0.3, -0.25) is 0 Å². The predicted octanol–water partition coefficient (Wildman–Crippen LogP) is 7.22. The third kappa shape index (κ3) is 8.64. The Labute approximate surface area is 279 Å². The molecule has 0 spiro atoms. The lowest BCUT2D eigenvalue weighted by Crippen LogP contribution is -2.38. The van der Waals surface area contributed by atoms with Gasteiger partial charge in [-0.1, -0.05) is 110 Å². The van der Waals surface area contributed by atoms with Crippen molar-refractivity contribution in [3.05, 3.63) is 149 Å². The number of aliphatic hydroxyl groups excluding tert-OH is 1. The van der Waals surface area contributed by atoms with Crippen molar-refractivity contribution in [2.24, 2.45) is 5.92 Å². The second-order valence-corrected chi connectivity index (χ2v) is 12.5. The zero-order chi connectivity index (χ0) is 32.4. The van der Waals surface area contributed by atoms with E-state index in [1.54, 1.807) is 24.2 Å². The fourth-order valence-corrected chi connectivity index (χ4v) is 6.54. The highest BCUT2D eigenvalue weighted by Crippen LogP contribution is 2.43. The molecule has 4 aromatic carbocycles. The Hall–Kier alpha value is -4.54. The summed E-state index contributed by atoms with van der Waals surface area (Å²) >= 11 is 1.57. The molecule has 1 aliphatic heterocycles. The highest BCUT2D eigenvalue weighted by molar-refractivity contribution is 7.99. The molecular weight excluding hydrogens is 609 g/mol. The number of rotatable bonds is 11. The number of nitrogens with one attached hydrogen (secondary N) is 2. The standard InChI is InChI=1S/C38H38N4O4S/c1-26-34(25-47-38-39-18-7-19-40-38)45-36(46-35(26)30-16-14-28(24-43)15-17-30)33-13-6-12-32(21-33)31-11-5-10-29(20-31)23-42-37(44)41-22-27-8-3-2-4-9-27/h2-21,26,34-36,43H,22-25H2,1H3,(H2,41,42,44)/t26-,34+,35+,36+/m0/s1. The van der Waals surface area contributed by atoms with Crippen LogP contribution in [0.2, 0.25) is 0 Å². The first-order chi connectivity index (χ1) is 23.1. The Bertz CT molecular complexity index is 1740. The summed E-state index contributed by atoms with van der Waals surface area (Å²) in [6, 6.07) is 35.7. The van der Waals surface area contributed by atoms with Crippen molar-refractivity contribution in [3.63, 3.8) is 0 Å². The minimum Gasteiger partial charge on any atom is -0.392 e. The van der Waals surface area contributed by atoms with Gasteiger partial charge in [-0.15, -0.1) is 0 Å². The van der Waals surface area contributed by atoms with Gasteiger partial charge in [-0.05, 0) is 51.6 Å².